The number of pyridine rings is 1. The van der Waals surface area contributed by atoms with Crippen LogP contribution in [0.4, 0.5) is 4.39 Å². The van der Waals surface area contributed by atoms with Crippen molar-refractivity contribution in [3.8, 4) is 16.9 Å². The number of amides is 1. The Balaban J connectivity index is 1.50. The highest BCUT2D eigenvalue weighted by Gasteiger charge is 2.28. The van der Waals surface area contributed by atoms with Crippen molar-refractivity contribution in [3.63, 3.8) is 0 Å². The number of benzene rings is 2. The first-order chi connectivity index (χ1) is 14.2. The first-order valence-corrected chi connectivity index (χ1v) is 9.90. The van der Waals surface area contributed by atoms with Gasteiger partial charge in [-0.25, -0.2) is 4.39 Å². The van der Waals surface area contributed by atoms with Crippen molar-refractivity contribution >= 4 is 5.91 Å². The van der Waals surface area contributed by atoms with E-state index in [0.29, 0.717) is 17.9 Å². The number of carbonyl (C=O) groups is 1. The molecule has 0 spiro atoms. The number of likely N-dealkylation sites (tertiary alicyclic amines) is 1. The van der Waals surface area contributed by atoms with Crippen molar-refractivity contribution in [1.82, 2.24) is 9.88 Å². The lowest BCUT2D eigenvalue weighted by atomic mass is 9.99. The van der Waals surface area contributed by atoms with Crippen LogP contribution in [0.5, 0.6) is 5.75 Å². The Kier molecular flexibility index (Phi) is 5.84. The van der Waals surface area contributed by atoms with Crippen LogP contribution in [-0.4, -0.2) is 35.0 Å². The lowest BCUT2D eigenvalue weighted by molar-refractivity contribution is 0.0528. The van der Waals surface area contributed by atoms with Crippen LogP contribution in [-0.2, 0) is 0 Å². The number of piperidine rings is 1. The fourth-order valence-corrected chi connectivity index (χ4v) is 3.71. The van der Waals surface area contributed by atoms with Gasteiger partial charge in [0.1, 0.15) is 18.2 Å². The van der Waals surface area contributed by atoms with Crippen LogP contribution in [0.1, 0.15) is 29.6 Å². The number of nitrogens with zero attached hydrogens (tertiary/aromatic N) is 2. The molecule has 0 N–H and O–H groups in total. The minimum atomic E-state index is -0.272. The maximum atomic E-state index is 13.3. The molecule has 4 nitrogen and oxygen atoms in total. The van der Waals surface area contributed by atoms with Crippen LogP contribution < -0.4 is 4.74 Å². The summed E-state index contributed by atoms with van der Waals surface area (Å²) in [4.78, 5) is 19.2. The molecule has 0 saturated carbocycles. The average Bonchev–Trinajstić information content (AvgIpc) is 2.79. The van der Waals surface area contributed by atoms with Crippen molar-refractivity contribution in [2.45, 2.75) is 25.3 Å². The highest BCUT2D eigenvalue weighted by molar-refractivity contribution is 5.95. The molecule has 1 saturated heterocycles. The van der Waals surface area contributed by atoms with E-state index >= 15 is 0 Å². The lowest BCUT2D eigenvalue weighted by Gasteiger charge is -2.35. The van der Waals surface area contributed by atoms with Gasteiger partial charge in [-0.1, -0.05) is 24.3 Å². The van der Waals surface area contributed by atoms with E-state index in [1.54, 1.807) is 24.5 Å². The predicted octanol–water partition coefficient (Wildman–Crippen LogP) is 4.96. The molecule has 1 aromatic heterocycles. The Morgan fingerprint density at radius 1 is 1.07 bits per heavy atom. The summed E-state index contributed by atoms with van der Waals surface area (Å²) in [6.45, 7) is 1.18. The van der Waals surface area contributed by atoms with Crippen LogP contribution in [0.25, 0.3) is 11.1 Å². The first-order valence-electron chi connectivity index (χ1n) is 9.90. The first kappa shape index (κ1) is 19.1. The number of carbonyl (C=O) groups excluding carboxylic acids is 1. The molecule has 1 aliphatic rings. The monoisotopic (exact) mass is 390 g/mol. The molecule has 1 unspecified atom stereocenters. The second kappa shape index (κ2) is 8.86. The summed E-state index contributed by atoms with van der Waals surface area (Å²) in [5, 5.41) is 0. The van der Waals surface area contributed by atoms with Crippen LogP contribution in [0.2, 0.25) is 0 Å². The highest BCUT2D eigenvalue weighted by atomic mass is 19.1. The van der Waals surface area contributed by atoms with Gasteiger partial charge in [-0.3, -0.25) is 9.78 Å². The zero-order chi connectivity index (χ0) is 20.1. The molecule has 1 atom stereocenters. The molecule has 1 fully saturated rings. The Morgan fingerprint density at radius 2 is 1.93 bits per heavy atom. The minimum Gasteiger partial charge on any atom is -0.490 e. The Bertz CT molecular complexity index is 960. The molecule has 29 heavy (non-hydrogen) atoms. The van der Waals surface area contributed by atoms with Crippen molar-refractivity contribution in [2.75, 3.05) is 13.2 Å². The van der Waals surface area contributed by atoms with Gasteiger partial charge in [-0.2, -0.15) is 0 Å². The quantitative estimate of drug-likeness (QED) is 0.618. The van der Waals surface area contributed by atoms with Gasteiger partial charge in [-0.05, 0) is 66.8 Å². The topological polar surface area (TPSA) is 42.4 Å². The molecule has 1 amide bonds. The second-order valence-corrected chi connectivity index (χ2v) is 7.24. The molecule has 2 aromatic carbocycles. The number of halogens is 1. The van der Waals surface area contributed by atoms with Crippen LogP contribution >= 0.6 is 0 Å². The maximum Gasteiger partial charge on any atom is 0.254 e. The average molecular weight is 390 g/mol. The number of hydrogen-bond donors (Lipinski definition) is 0. The summed E-state index contributed by atoms with van der Waals surface area (Å²) in [5.74, 6) is 0.447. The van der Waals surface area contributed by atoms with Gasteiger partial charge in [0.25, 0.3) is 5.91 Å². The fraction of sp³-hybridized carbons (Fsp3) is 0.250. The summed E-state index contributed by atoms with van der Waals surface area (Å²) in [7, 11) is 0. The van der Waals surface area contributed by atoms with Crippen molar-refractivity contribution in [3.05, 3.63) is 84.4 Å². The smallest absolute Gasteiger partial charge is 0.254 e. The molecule has 0 aliphatic carbocycles. The number of aromatic nitrogens is 1. The van der Waals surface area contributed by atoms with E-state index in [2.05, 4.69) is 4.98 Å². The molecule has 148 valence electrons. The molecular formula is C24H23FN2O2. The number of rotatable bonds is 5. The van der Waals surface area contributed by atoms with E-state index < -0.39 is 0 Å². The van der Waals surface area contributed by atoms with Crippen molar-refractivity contribution in [2.24, 2.45) is 0 Å². The van der Waals surface area contributed by atoms with E-state index in [1.165, 1.54) is 12.1 Å². The third-order valence-electron chi connectivity index (χ3n) is 5.25. The summed E-state index contributed by atoms with van der Waals surface area (Å²) < 4.78 is 19.1. The molecule has 5 heteroatoms. The zero-order valence-electron chi connectivity index (χ0n) is 16.1. The highest BCUT2D eigenvalue weighted by Crippen LogP contribution is 2.24. The van der Waals surface area contributed by atoms with E-state index in [0.717, 1.165) is 36.9 Å². The summed E-state index contributed by atoms with van der Waals surface area (Å²) in [6.07, 6.45) is 6.38. The fourth-order valence-electron chi connectivity index (χ4n) is 3.71. The minimum absolute atomic E-state index is 0.00782. The molecule has 2 heterocycles. The summed E-state index contributed by atoms with van der Waals surface area (Å²) >= 11 is 0. The SMILES string of the molecule is O=C(c1cccc(-c2ccc(F)cc2)c1)N1CCCCC1COc1cccnc1. The van der Waals surface area contributed by atoms with E-state index in [-0.39, 0.29) is 17.8 Å². The van der Waals surface area contributed by atoms with Crippen LogP contribution in [0.3, 0.4) is 0 Å². The molecular weight excluding hydrogens is 367 g/mol. The maximum absolute atomic E-state index is 13.3. The molecule has 4 rings (SSSR count). The van der Waals surface area contributed by atoms with Gasteiger partial charge in [-0.15, -0.1) is 0 Å². The van der Waals surface area contributed by atoms with Gasteiger partial charge in [0.15, 0.2) is 0 Å². The van der Waals surface area contributed by atoms with Gasteiger partial charge in [0.2, 0.25) is 0 Å². The van der Waals surface area contributed by atoms with E-state index in [1.807, 2.05) is 41.3 Å². The lowest BCUT2D eigenvalue weighted by Crippen LogP contribution is -2.46. The number of hydrogen-bond acceptors (Lipinski definition) is 3. The van der Waals surface area contributed by atoms with Gasteiger partial charge in [0.05, 0.1) is 12.2 Å². The van der Waals surface area contributed by atoms with Crippen molar-refractivity contribution in [1.29, 1.82) is 0 Å². The van der Waals surface area contributed by atoms with E-state index in [4.69, 9.17) is 4.74 Å². The van der Waals surface area contributed by atoms with Crippen LogP contribution in [0, 0.1) is 5.82 Å². The molecule has 0 bridgehead atoms. The number of ether oxygens (including phenoxy) is 1. The second-order valence-electron chi connectivity index (χ2n) is 7.24. The Hall–Kier alpha value is -3.21. The standard InChI is InChI=1S/C24H23FN2O2/c25-21-11-9-18(10-12-21)19-5-3-6-20(15-19)24(28)27-14-2-1-7-22(27)17-29-23-8-4-13-26-16-23/h3-6,8-13,15-16,22H,1-2,7,14,17H2. The van der Waals surface area contributed by atoms with Gasteiger partial charge >= 0.3 is 0 Å². The Labute approximate surface area is 170 Å². The molecule has 1 aliphatic heterocycles. The third kappa shape index (κ3) is 4.62. The zero-order valence-corrected chi connectivity index (χ0v) is 16.1. The largest absolute Gasteiger partial charge is 0.490 e. The van der Waals surface area contributed by atoms with Gasteiger partial charge in [0, 0.05) is 18.3 Å². The normalized spacial score (nSPS) is 16.4. The van der Waals surface area contributed by atoms with Crippen molar-refractivity contribution < 1.29 is 13.9 Å². The molecule has 3 aromatic rings. The molecule has 0 radical (unpaired) electrons. The van der Waals surface area contributed by atoms with Gasteiger partial charge < -0.3 is 9.64 Å². The summed E-state index contributed by atoms with van der Waals surface area (Å²) in [5.41, 5.74) is 2.42. The van der Waals surface area contributed by atoms with E-state index in [9.17, 15) is 9.18 Å². The summed E-state index contributed by atoms with van der Waals surface area (Å²) in [6, 6.07) is 17.6. The third-order valence-corrected chi connectivity index (χ3v) is 5.25. The van der Waals surface area contributed by atoms with Crippen LogP contribution in [0.15, 0.2) is 73.1 Å². The predicted molar refractivity (Wildman–Crippen MR) is 110 cm³/mol. The Morgan fingerprint density at radius 3 is 2.72 bits per heavy atom.